The van der Waals surface area contributed by atoms with Gasteiger partial charge in [-0.15, -0.1) is 0 Å². The van der Waals surface area contributed by atoms with Crippen molar-refractivity contribution in [1.82, 2.24) is 30.2 Å². The van der Waals surface area contributed by atoms with Crippen LogP contribution in [0.25, 0.3) is 0 Å². The first kappa shape index (κ1) is 31.5. The average molecular weight is 627 g/mol. The van der Waals surface area contributed by atoms with Gasteiger partial charge in [-0.25, -0.2) is 0 Å². The largest absolute Gasteiger partial charge is 0.371 e. The van der Waals surface area contributed by atoms with Crippen molar-refractivity contribution in [3.05, 3.63) is 89.7 Å². The minimum absolute atomic E-state index is 0.102. The number of hydrogen-bond acceptors (Lipinski definition) is 6. The van der Waals surface area contributed by atoms with Crippen LogP contribution in [0.4, 0.5) is 0 Å². The van der Waals surface area contributed by atoms with Gasteiger partial charge in [0.2, 0.25) is 17.7 Å². The molecule has 6 rings (SSSR count). The van der Waals surface area contributed by atoms with Gasteiger partial charge >= 0.3 is 0 Å². The molecular formula is C35H42N6O5. The molecule has 0 bridgehead atoms. The predicted octanol–water partition coefficient (Wildman–Crippen LogP) is 2.47. The molecule has 3 heterocycles. The van der Waals surface area contributed by atoms with Crippen LogP contribution in [0.5, 0.6) is 0 Å². The third-order valence-corrected chi connectivity index (χ3v) is 9.50. The summed E-state index contributed by atoms with van der Waals surface area (Å²) in [7, 11) is 1.52. The molecule has 1 aliphatic carbocycles. The number of nitrogens with one attached hydrogen (secondary N) is 2. The molecule has 3 fully saturated rings. The van der Waals surface area contributed by atoms with Gasteiger partial charge in [-0.2, -0.15) is 5.10 Å². The first-order chi connectivity index (χ1) is 22.2. The molecule has 0 unspecified atom stereocenters. The van der Waals surface area contributed by atoms with Crippen LogP contribution in [0.2, 0.25) is 0 Å². The summed E-state index contributed by atoms with van der Waals surface area (Å²) in [5.74, 6) is -0.940. The Kier molecular flexibility index (Phi) is 9.21. The highest BCUT2D eigenvalue weighted by molar-refractivity contribution is 5.95. The second kappa shape index (κ2) is 13.5. The highest BCUT2D eigenvalue weighted by Gasteiger charge is 2.59. The van der Waals surface area contributed by atoms with Crippen LogP contribution in [0, 0.1) is 17.3 Å². The third-order valence-electron chi connectivity index (χ3n) is 9.50. The highest BCUT2D eigenvalue weighted by atomic mass is 16.5. The first-order valence-electron chi connectivity index (χ1n) is 16.1. The Morgan fingerprint density at radius 1 is 0.957 bits per heavy atom. The Morgan fingerprint density at radius 3 is 2.26 bits per heavy atom. The lowest BCUT2D eigenvalue weighted by molar-refractivity contribution is -0.151. The van der Waals surface area contributed by atoms with Crippen LogP contribution < -0.4 is 10.6 Å². The van der Waals surface area contributed by atoms with Crippen LogP contribution in [0.15, 0.2) is 73.1 Å². The maximum absolute atomic E-state index is 14.0. The molecule has 2 N–H and O–H groups in total. The summed E-state index contributed by atoms with van der Waals surface area (Å²) < 4.78 is 7.75. The molecule has 2 saturated heterocycles. The van der Waals surface area contributed by atoms with Crippen molar-refractivity contribution in [2.45, 2.75) is 51.5 Å². The number of carbonyl (C=O) groups excluding carboxylic acids is 4. The number of ether oxygens (including phenoxy) is 1. The zero-order valence-corrected chi connectivity index (χ0v) is 26.4. The normalized spacial score (nSPS) is 19.7. The van der Waals surface area contributed by atoms with E-state index >= 15 is 0 Å². The monoisotopic (exact) mass is 626 g/mol. The van der Waals surface area contributed by atoms with Crippen LogP contribution in [0.3, 0.4) is 0 Å². The third kappa shape index (κ3) is 6.99. The molecule has 3 aromatic rings. The van der Waals surface area contributed by atoms with Crippen molar-refractivity contribution in [1.29, 1.82) is 0 Å². The quantitative estimate of drug-likeness (QED) is 0.318. The molecule has 11 heteroatoms. The number of carbonyl (C=O) groups is 4. The minimum Gasteiger partial charge on any atom is -0.371 e. The molecule has 11 nitrogen and oxygen atoms in total. The second-order valence-electron chi connectivity index (χ2n) is 13.0. The van der Waals surface area contributed by atoms with Crippen molar-refractivity contribution in [2.75, 3.05) is 33.2 Å². The number of aromatic nitrogens is 2. The van der Waals surface area contributed by atoms with Crippen molar-refractivity contribution in [3.63, 3.8) is 0 Å². The lowest BCUT2D eigenvalue weighted by atomic mass is 9.71. The van der Waals surface area contributed by atoms with E-state index in [1.165, 1.54) is 7.05 Å². The molecule has 242 valence electrons. The zero-order chi connectivity index (χ0) is 32.3. The molecule has 2 aromatic carbocycles. The fraction of sp³-hybridized carbons (Fsp3) is 0.457. The van der Waals surface area contributed by atoms with E-state index in [0.717, 1.165) is 24.0 Å². The van der Waals surface area contributed by atoms with Crippen LogP contribution >= 0.6 is 0 Å². The number of amides is 4. The molecule has 2 aliphatic heterocycles. The van der Waals surface area contributed by atoms with Gasteiger partial charge in [0.1, 0.15) is 6.04 Å². The number of nitrogens with zero attached hydrogens (tertiary/aromatic N) is 4. The first-order valence-corrected chi connectivity index (χ1v) is 16.1. The van der Waals surface area contributed by atoms with E-state index in [1.807, 2.05) is 65.6 Å². The maximum Gasteiger partial charge on any atom is 0.257 e. The zero-order valence-electron chi connectivity index (χ0n) is 26.4. The van der Waals surface area contributed by atoms with Gasteiger partial charge in [0.05, 0.1) is 36.9 Å². The van der Waals surface area contributed by atoms with Gasteiger partial charge in [-0.1, -0.05) is 60.7 Å². The van der Waals surface area contributed by atoms with E-state index in [0.29, 0.717) is 44.1 Å². The van der Waals surface area contributed by atoms with Gasteiger partial charge in [-0.3, -0.25) is 23.9 Å². The molecule has 3 aliphatic rings. The molecule has 1 spiro atoms. The summed E-state index contributed by atoms with van der Waals surface area (Å²) in [5.41, 5.74) is 1.87. The van der Waals surface area contributed by atoms with Gasteiger partial charge in [0.15, 0.2) is 0 Å². The average Bonchev–Trinajstić information content (AvgIpc) is 3.58. The van der Waals surface area contributed by atoms with Gasteiger partial charge in [-0.05, 0) is 36.8 Å². The molecule has 0 radical (unpaired) electrons. The van der Waals surface area contributed by atoms with Gasteiger partial charge in [0.25, 0.3) is 5.91 Å². The Labute approximate surface area is 269 Å². The smallest absolute Gasteiger partial charge is 0.257 e. The van der Waals surface area contributed by atoms with E-state index in [-0.39, 0.29) is 36.8 Å². The standard InChI is InChI=1S/C35H42N6O5/c1-24(46-20-27-11-7-4-8-12-27)31(33(44)36-2)38-32(43)29-19-39(21-35(29)22-40(23-35)30(42)15-25-13-14-25)34(45)28-16-37-41(18-28)17-26-9-5-3-6-10-26/h3-12,16,18,24-25,29,31H,13-15,17,19-23H2,1-2H3,(H,36,44)(H,38,43)/t24-,29-,31+/m1/s1. The summed E-state index contributed by atoms with van der Waals surface area (Å²) >= 11 is 0. The number of rotatable bonds is 12. The number of likely N-dealkylation sites (N-methyl/N-ethyl adjacent to an activating group) is 1. The Morgan fingerprint density at radius 2 is 1.61 bits per heavy atom. The van der Waals surface area contributed by atoms with E-state index < -0.39 is 23.5 Å². The summed E-state index contributed by atoms with van der Waals surface area (Å²) in [6.07, 6.45) is 5.38. The highest BCUT2D eigenvalue weighted by Crippen LogP contribution is 2.45. The van der Waals surface area contributed by atoms with E-state index in [2.05, 4.69) is 15.7 Å². The predicted molar refractivity (Wildman–Crippen MR) is 170 cm³/mol. The topological polar surface area (TPSA) is 126 Å². The van der Waals surface area contributed by atoms with E-state index in [9.17, 15) is 19.2 Å². The minimum atomic E-state index is -0.938. The molecule has 1 saturated carbocycles. The molecule has 1 aromatic heterocycles. The number of likely N-dealkylation sites (tertiary alicyclic amines) is 2. The number of hydrogen-bond donors (Lipinski definition) is 2. The number of benzene rings is 2. The van der Waals surface area contributed by atoms with E-state index in [4.69, 9.17) is 4.74 Å². The second-order valence-corrected chi connectivity index (χ2v) is 13.0. The summed E-state index contributed by atoms with van der Waals surface area (Å²) in [4.78, 5) is 57.2. The summed E-state index contributed by atoms with van der Waals surface area (Å²) in [6.45, 7) is 3.91. The Hall–Kier alpha value is -4.51. The Bertz CT molecular complexity index is 1550. The molecule has 4 amide bonds. The van der Waals surface area contributed by atoms with Crippen molar-refractivity contribution < 1.29 is 23.9 Å². The van der Waals surface area contributed by atoms with Crippen LogP contribution in [0.1, 0.15) is 47.7 Å². The molecular weight excluding hydrogens is 584 g/mol. The lowest BCUT2D eigenvalue weighted by Gasteiger charge is -2.50. The van der Waals surface area contributed by atoms with Crippen LogP contribution in [-0.2, 0) is 32.3 Å². The summed E-state index contributed by atoms with van der Waals surface area (Å²) in [5, 5.41) is 10.00. The lowest BCUT2D eigenvalue weighted by Crippen LogP contribution is -2.65. The van der Waals surface area contributed by atoms with Gasteiger partial charge < -0.3 is 25.2 Å². The molecule has 3 atom stereocenters. The van der Waals surface area contributed by atoms with Crippen molar-refractivity contribution in [2.24, 2.45) is 17.3 Å². The fourth-order valence-corrected chi connectivity index (χ4v) is 6.61. The van der Waals surface area contributed by atoms with Crippen molar-refractivity contribution in [3.8, 4) is 0 Å². The van der Waals surface area contributed by atoms with Crippen molar-refractivity contribution >= 4 is 23.6 Å². The summed E-state index contributed by atoms with van der Waals surface area (Å²) in [6, 6.07) is 18.6. The SMILES string of the molecule is CNC(=O)[C@@H](NC(=O)[C@H]1CN(C(=O)c2cnn(Cc3ccccc3)c2)CC12CN(C(=O)CC1CC1)C2)[C@@H](C)OCc1ccccc1. The van der Waals surface area contributed by atoms with E-state index in [1.54, 1.807) is 28.9 Å². The molecule has 46 heavy (non-hydrogen) atoms. The van der Waals surface area contributed by atoms with Gasteiger partial charge in [0, 0.05) is 51.3 Å². The van der Waals surface area contributed by atoms with Crippen LogP contribution in [-0.4, -0.2) is 88.6 Å². The Balaban J connectivity index is 1.16. The maximum atomic E-state index is 14.0. The fourth-order valence-electron chi connectivity index (χ4n) is 6.61.